The molecule has 5 rings (SSSR count). The molecular formula is C26H24N4O2. The number of ether oxygens (including phenoxy) is 2. The second-order valence-electron chi connectivity index (χ2n) is 7.79. The Balaban J connectivity index is 1.59. The van der Waals surface area contributed by atoms with Crippen LogP contribution in [-0.2, 0) is 11.3 Å². The third-order valence-electron chi connectivity index (χ3n) is 5.40. The molecule has 3 aromatic carbocycles. The van der Waals surface area contributed by atoms with Crippen LogP contribution in [0.15, 0.2) is 65.7 Å². The number of aliphatic imine (C=N–C) groups is 1. The van der Waals surface area contributed by atoms with Crippen molar-refractivity contribution in [3.63, 3.8) is 0 Å². The maximum atomic E-state index is 5.83. The number of nitrogens with one attached hydrogen (secondary N) is 1. The number of hydrogen-bond acceptors (Lipinski definition) is 6. The number of benzene rings is 3. The molecule has 1 aliphatic heterocycles. The normalized spacial score (nSPS) is 12.2. The molecule has 0 bridgehead atoms. The van der Waals surface area contributed by atoms with Gasteiger partial charge < -0.3 is 14.8 Å². The molecule has 0 amide bonds. The lowest BCUT2D eigenvalue weighted by atomic mass is 10.1. The van der Waals surface area contributed by atoms with E-state index in [0.717, 1.165) is 45.8 Å². The summed E-state index contributed by atoms with van der Waals surface area (Å²) >= 11 is 0. The Morgan fingerprint density at radius 3 is 2.78 bits per heavy atom. The molecule has 2 heterocycles. The number of aryl methyl sites for hydroxylation is 1. The van der Waals surface area contributed by atoms with Crippen LogP contribution < -0.4 is 10.1 Å². The molecule has 0 unspecified atom stereocenters. The van der Waals surface area contributed by atoms with Crippen molar-refractivity contribution < 1.29 is 9.47 Å². The quantitative estimate of drug-likeness (QED) is 0.407. The first-order chi connectivity index (χ1) is 15.7. The maximum absolute atomic E-state index is 5.83. The van der Waals surface area contributed by atoms with Crippen molar-refractivity contribution in [1.82, 2.24) is 9.97 Å². The van der Waals surface area contributed by atoms with Crippen LogP contribution in [0.5, 0.6) is 5.75 Å². The number of methoxy groups -OCH3 is 1. The average Bonchev–Trinajstić information content (AvgIpc) is 3.27. The highest BCUT2D eigenvalue weighted by Crippen LogP contribution is 2.31. The Kier molecular flexibility index (Phi) is 5.52. The molecule has 160 valence electrons. The summed E-state index contributed by atoms with van der Waals surface area (Å²) in [5.74, 6) is 2.17. The van der Waals surface area contributed by atoms with Crippen LogP contribution in [0.4, 0.5) is 11.5 Å². The van der Waals surface area contributed by atoms with Crippen molar-refractivity contribution in [1.29, 1.82) is 0 Å². The zero-order valence-electron chi connectivity index (χ0n) is 18.1. The van der Waals surface area contributed by atoms with Crippen LogP contribution in [0, 0.1) is 6.92 Å². The first-order valence-corrected chi connectivity index (χ1v) is 10.6. The van der Waals surface area contributed by atoms with Crippen LogP contribution in [0.25, 0.3) is 22.3 Å². The molecule has 1 aromatic heterocycles. The maximum Gasteiger partial charge on any atom is 0.162 e. The highest BCUT2D eigenvalue weighted by molar-refractivity contribution is 5.94. The number of rotatable bonds is 7. The smallest absolute Gasteiger partial charge is 0.162 e. The van der Waals surface area contributed by atoms with Gasteiger partial charge in [-0.1, -0.05) is 29.8 Å². The zero-order valence-corrected chi connectivity index (χ0v) is 18.1. The highest BCUT2D eigenvalue weighted by Gasteiger charge is 2.13. The van der Waals surface area contributed by atoms with Gasteiger partial charge in [-0.15, -0.1) is 0 Å². The summed E-state index contributed by atoms with van der Waals surface area (Å²) in [6.07, 6.45) is 1.92. The standard InChI is InChI=1S/C26H24N4O2/c1-17-4-3-5-18(12-17)25-29-24-9-8-22(32-11-10-31-2)14-23(24)26(30-25)28-21-7-6-19-15-27-16-20(19)13-21/h3-9,12-14,16H,10-11,15H2,1-2H3,(H,28,29,30). The molecule has 0 saturated heterocycles. The fraction of sp³-hybridized carbons (Fsp3) is 0.192. The predicted octanol–water partition coefficient (Wildman–Crippen LogP) is 5.31. The van der Waals surface area contributed by atoms with E-state index in [0.29, 0.717) is 19.0 Å². The fourth-order valence-corrected chi connectivity index (χ4v) is 3.76. The molecule has 0 saturated carbocycles. The van der Waals surface area contributed by atoms with Gasteiger partial charge in [0.1, 0.15) is 18.2 Å². The van der Waals surface area contributed by atoms with Crippen molar-refractivity contribution in [2.45, 2.75) is 13.5 Å². The van der Waals surface area contributed by atoms with E-state index in [1.807, 2.05) is 36.5 Å². The third-order valence-corrected chi connectivity index (χ3v) is 5.40. The minimum Gasteiger partial charge on any atom is -0.491 e. The molecule has 6 heteroatoms. The van der Waals surface area contributed by atoms with E-state index in [9.17, 15) is 0 Å². The monoisotopic (exact) mass is 424 g/mol. The van der Waals surface area contributed by atoms with Crippen LogP contribution in [0.2, 0.25) is 0 Å². The Hall–Kier alpha value is -3.77. The van der Waals surface area contributed by atoms with Crippen LogP contribution >= 0.6 is 0 Å². The fourth-order valence-electron chi connectivity index (χ4n) is 3.76. The second-order valence-corrected chi connectivity index (χ2v) is 7.79. The van der Waals surface area contributed by atoms with Crippen LogP contribution in [0.3, 0.4) is 0 Å². The van der Waals surface area contributed by atoms with Crippen molar-refractivity contribution in [2.24, 2.45) is 4.99 Å². The molecule has 32 heavy (non-hydrogen) atoms. The van der Waals surface area contributed by atoms with E-state index in [1.54, 1.807) is 7.11 Å². The van der Waals surface area contributed by atoms with E-state index in [-0.39, 0.29) is 0 Å². The van der Waals surface area contributed by atoms with Gasteiger partial charge in [0.05, 0.1) is 18.7 Å². The molecule has 0 aliphatic carbocycles. The number of aromatic nitrogens is 2. The zero-order chi connectivity index (χ0) is 21.9. The molecule has 1 aliphatic rings. The Labute approximate surface area is 187 Å². The van der Waals surface area contributed by atoms with Crippen molar-refractivity contribution in [3.05, 3.63) is 77.4 Å². The molecule has 6 nitrogen and oxygen atoms in total. The summed E-state index contributed by atoms with van der Waals surface area (Å²) in [7, 11) is 1.66. The first kappa shape index (κ1) is 20.2. The lowest BCUT2D eigenvalue weighted by Crippen LogP contribution is -2.05. The number of fused-ring (bicyclic) bond motifs is 2. The van der Waals surface area contributed by atoms with E-state index < -0.39 is 0 Å². The summed E-state index contributed by atoms with van der Waals surface area (Å²) in [6, 6.07) is 20.4. The summed E-state index contributed by atoms with van der Waals surface area (Å²) < 4.78 is 10.9. The number of hydrogen-bond donors (Lipinski definition) is 1. The van der Waals surface area contributed by atoms with Gasteiger partial charge in [-0.3, -0.25) is 4.99 Å². The minimum atomic E-state index is 0.483. The summed E-state index contributed by atoms with van der Waals surface area (Å²) in [6.45, 7) is 3.82. The summed E-state index contributed by atoms with van der Waals surface area (Å²) in [5, 5.41) is 4.40. The van der Waals surface area contributed by atoms with Crippen molar-refractivity contribution in [2.75, 3.05) is 25.6 Å². The van der Waals surface area contributed by atoms with E-state index in [1.165, 1.54) is 11.1 Å². The van der Waals surface area contributed by atoms with Gasteiger partial charge in [0, 0.05) is 30.0 Å². The predicted molar refractivity (Wildman–Crippen MR) is 128 cm³/mol. The number of nitrogens with zero attached hydrogens (tertiary/aromatic N) is 3. The Bertz CT molecular complexity index is 1320. The SMILES string of the molecule is COCCOc1ccc2nc(-c3cccc(C)c3)nc(Nc3ccc4c(c3)C=NC4)c2c1. The Morgan fingerprint density at radius 2 is 1.91 bits per heavy atom. The first-order valence-electron chi connectivity index (χ1n) is 10.6. The van der Waals surface area contributed by atoms with Crippen molar-refractivity contribution >= 4 is 28.6 Å². The third kappa shape index (κ3) is 4.18. The Morgan fingerprint density at radius 1 is 0.969 bits per heavy atom. The van der Waals surface area contributed by atoms with E-state index >= 15 is 0 Å². The lowest BCUT2D eigenvalue weighted by Gasteiger charge is -2.13. The molecule has 0 fully saturated rings. The van der Waals surface area contributed by atoms with Gasteiger partial charge in [-0.25, -0.2) is 9.97 Å². The molecule has 1 N–H and O–H groups in total. The van der Waals surface area contributed by atoms with E-state index in [2.05, 4.69) is 47.6 Å². The molecule has 0 spiro atoms. The van der Waals surface area contributed by atoms with Crippen LogP contribution in [0.1, 0.15) is 16.7 Å². The summed E-state index contributed by atoms with van der Waals surface area (Å²) in [5.41, 5.74) is 6.32. The molecule has 4 aromatic rings. The van der Waals surface area contributed by atoms with Gasteiger partial charge in [0.25, 0.3) is 0 Å². The van der Waals surface area contributed by atoms with Gasteiger partial charge in [0.2, 0.25) is 0 Å². The van der Waals surface area contributed by atoms with Gasteiger partial charge in [-0.05, 0) is 54.4 Å². The minimum absolute atomic E-state index is 0.483. The molecular weight excluding hydrogens is 400 g/mol. The second kappa shape index (κ2) is 8.77. The molecule has 0 atom stereocenters. The average molecular weight is 425 g/mol. The van der Waals surface area contributed by atoms with Gasteiger partial charge in [0.15, 0.2) is 5.82 Å². The molecule has 0 radical (unpaired) electrons. The van der Waals surface area contributed by atoms with Crippen molar-refractivity contribution in [3.8, 4) is 17.1 Å². The number of anilines is 2. The topological polar surface area (TPSA) is 68.6 Å². The largest absolute Gasteiger partial charge is 0.491 e. The van der Waals surface area contributed by atoms with Gasteiger partial charge in [-0.2, -0.15) is 0 Å². The lowest BCUT2D eigenvalue weighted by molar-refractivity contribution is 0.146. The summed E-state index contributed by atoms with van der Waals surface area (Å²) in [4.78, 5) is 14.1. The highest BCUT2D eigenvalue weighted by atomic mass is 16.5. The van der Waals surface area contributed by atoms with Gasteiger partial charge >= 0.3 is 0 Å². The van der Waals surface area contributed by atoms with E-state index in [4.69, 9.17) is 19.4 Å². The van der Waals surface area contributed by atoms with Crippen LogP contribution in [-0.4, -0.2) is 36.5 Å².